The number of thiazole rings is 1. The summed E-state index contributed by atoms with van der Waals surface area (Å²) in [5.41, 5.74) is 1.79. The molecule has 0 aliphatic heterocycles. The third kappa shape index (κ3) is 2.71. The second kappa shape index (κ2) is 6.16. The fraction of sp³-hybridized carbons (Fsp3) is 0.158. The van der Waals surface area contributed by atoms with Crippen LogP contribution in [0.25, 0.3) is 31.8 Å². The zero-order chi connectivity index (χ0) is 18.5. The molecule has 0 radical (unpaired) electrons. The number of nitrogens with zero attached hydrogens (tertiary/aromatic N) is 1. The highest BCUT2D eigenvalue weighted by Crippen LogP contribution is 2.45. The normalized spacial score (nSPS) is 14.0. The van der Waals surface area contributed by atoms with Gasteiger partial charge in [-0.1, -0.05) is 24.3 Å². The van der Waals surface area contributed by atoms with Gasteiger partial charge in [-0.05, 0) is 30.7 Å². The van der Waals surface area contributed by atoms with Crippen LogP contribution in [0.1, 0.15) is 5.56 Å². The van der Waals surface area contributed by atoms with E-state index in [-0.39, 0.29) is 5.56 Å². The first kappa shape index (κ1) is 17.2. The first-order chi connectivity index (χ1) is 12.4. The quantitative estimate of drug-likeness (QED) is 0.382. The molecule has 4 rings (SSSR count). The molecular formula is C19H16NO4PS. The van der Waals surface area contributed by atoms with Gasteiger partial charge in [-0.3, -0.25) is 4.57 Å². The molecule has 0 amide bonds. The maximum atomic E-state index is 13.2. The lowest BCUT2D eigenvalue weighted by Crippen LogP contribution is -2.20. The van der Waals surface area contributed by atoms with E-state index in [9.17, 15) is 9.36 Å². The summed E-state index contributed by atoms with van der Waals surface area (Å²) in [5, 5.41) is 1.46. The Bertz CT molecular complexity index is 1220. The van der Waals surface area contributed by atoms with Crippen LogP contribution in [0.2, 0.25) is 0 Å². The molecule has 0 aliphatic rings. The van der Waals surface area contributed by atoms with Crippen LogP contribution in [0.4, 0.5) is 0 Å². The van der Waals surface area contributed by atoms with Crippen molar-refractivity contribution in [3.63, 3.8) is 0 Å². The molecule has 2 aromatic heterocycles. The Morgan fingerprint density at radius 1 is 1.19 bits per heavy atom. The van der Waals surface area contributed by atoms with Crippen molar-refractivity contribution in [3.05, 3.63) is 58.4 Å². The van der Waals surface area contributed by atoms with Gasteiger partial charge in [0.1, 0.15) is 16.2 Å². The molecule has 4 aromatic rings. The van der Waals surface area contributed by atoms with E-state index < -0.39 is 13.0 Å². The molecule has 0 bridgehead atoms. The van der Waals surface area contributed by atoms with Crippen LogP contribution in [-0.2, 0) is 9.09 Å². The van der Waals surface area contributed by atoms with Gasteiger partial charge in [0.2, 0.25) is 7.37 Å². The van der Waals surface area contributed by atoms with Gasteiger partial charge in [0.05, 0.1) is 15.5 Å². The summed E-state index contributed by atoms with van der Waals surface area (Å²) in [7, 11) is -1.87. The van der Waals surface area contributed by atoms with Gasteiger partial charge < -0.3 is 8.94 Å². The van der Waals surface area contributed by atoms with E-state index in [4.69, 9.17) is 8.94 Å². The van der Waals surface area contributed by atoms with Crippen LogP contribution in [-0.4, -0.2) is 18.8 Å². The third-order valence-electron chi connectivity index (χ3n) is 4.30. The molecule has 132 valence electrons. The first-order valence-corrected chi connectivity index (χ1v) is 10.9. The number of hydrogen-bond acceptors (Lipinski definition) is 6. The molecule has 1 atom stereocenters. The number of aryl methyl sites for hydroxylation is 1. The highest BCUT2D eigenvalue weighted by atomic mass is 32.1. The van der Waals surface area contributed by atoms with Crippen molar-refractivity contribution in [2.45, 2.75) is 6.92 Å². The molecule has 0 saturated heterocycles. The number of benzene rings is 2. The zero-order valence-electron chi connectivity index (χ0n) is 14.5. The predicted molar refractivity (Wildman–Crippen MR) is 106 cm³/mol. The highest BCUT2D eigenvalue weighted by Gasteiger charge is 2.30. The van der Waals surface area contributed by atoms with Gasteiger partial charge in [-0.15, -0.1) is 11.3 Å². The Labute approximate surface area is 153 Å². The van der Waals surface area contributed by atoms with Crippen molar-refractivity contribution in [1.29, 1.82) is 0 Å². The molecule has 0 spiro atoms. The molecule has 0 saturated carbocycles. The van der Waals surface area contributed by atoms with Gasteiger partial charge in [0, 0.05) is 19.2 Å². The summed E-state index contributed by atoms with van der Waals surface area (Å²) >= 11 is 1.37. The summed E-state index contributed by atoms with van der Waals surface area (Å²) in [5.74, 6) is 0. The average Bonchev–Trinajstić information content (AvgIpc) is 3.03. The van der Waals surface area contributed by atoms with E-state index in [0.717, 1.165) is 15.8 Å². The Hall–Kier alpha value is -2.27. The highest BCUT2D eigenvalue weighted by molar-refractivity contribution is 7.67. The number of rotatable bonds is 3. The lowest BCUT2D eigenvalue weighted by molar-refractivity contribution is 0.408. The fourth-order valence-corrected chi connectivity index (χ4v) is 5.46. The van der Waals surface area contributed by atoms with Crippen molar-refractivity contribution in [2.24, 2.45) is 0 Å². The maximum Gasteiger partial charge on any atom is 0.347 e. The molecule has 2 aromatic carbocycles. The first-order valence-electron chi connectivity index (χ1n) is 7.98. The maximum absolute atomic E-state index is 13.2. The van der Waals surface area contributed by atoms with Crippen molar-refractivity contribution in [3.8, 4) is 10.6 Å². The zero-order valence-corrected chi connectivity index (χ0v) is 16.2. The van der Waals surface area contributed by atoms with Crippen molar-refractivity contribution in [2.75, 3.05) is 13.8 Å². The van der Waals surface area contributed by atoms with E-state index in [1.807, 2.05) is 43.3 Å². The van der Waals surface area contributed by atoms with Crippen molar-refractivity contribution in [1.82, 2.24) is 4.98 Å². The predicted octanol–water partition coefficient (Wildman–Crippen LogP) is 4.56. The number of hydrogen-bond donors (Lipinski definition) is 0. The minimum Gasteiger partial charge on any atom is -0.422 e. The van der Waals surface area contributed by atoms with Crippen LogP contribution < -0.4 is 10.9 Å². The Morgan fingerprint density at radius 3 is 2.69 bits per heavy atom. The van der Waals surface area contributed by atoms with E-state index >= 15 is 0 Å². The van der Waals surface area contributed by atoms with E-state index in [1.165, 1.54) is 25.1 Å². The van der Waals surface area contributed by atoms with Crippen molar-refractivity contribution < 1.29 is 13.5 Å². The third-order valence-corrected chi connectivity index (χ3v) is 7.33. The summed E-state index contributed by atoms with van der Waals surface area (Å²) in [4.78, 5) is 17.4. The van der Waals surface area contributed by atoms with Crippen LogP contribution in [0.5, 0.6) is 0 Å². The molecular weight excluding hydrogens is 369 g/mol. The van der Waals surface area contributed by atoms with Gasteiger partial charge in [-0.25, -0.2) is 9.78 Å². The molecule has 0 fully saturated rings. The summed E-state index contributed by atoms with van der Waals surface area (Å²) in [6.07, 6.45) is 0. The molecule has 7 heteroatoms. The van der Waals surface area contributed by atoms with Crippen LogP contribution in [0, 0.1) is 6.92 Å². The summed E-state index contributed by atoms with van der Waals surface area (Å²) in [6, 6.07) is 13.1. The standard InChI is InChI=1S/C19H16NO4PS/c1-11-8-9-12-14(10-11)24-19(21)16(17(12)25(3,22)23-2)18-20-13-6-4-5-7-15(13)26-18/h4-10H,1-3H3. The molecule has 0 aliphatic carbocycles. The van der Waals surface area contributed by atoms with Crippen molar-refractivity contribution >= 4 is 45.2 Å². The van der Waals surface area contributed by atoms with E-state index in [1.54, 1.807) is 6.07 Å². The van der Waals surface area contributed by atoms with Crippen LogP contribution in [0.3, 0.4) is 0 Å². The Kier molecular flexibility index (Phi) is 4.07. The number of para-hydroxylation sites is 1. The topological polar surface area (TPSA) is 69.4 Å². The average molecular weight is 385 g/mol. The fourth-order valence-electron chi connectivity index (χ4n) is 2.97. The minimum atomic E-state index is -3.25. The Morgan fingerprint density at radius 2 is 1.96 bits per heavy atom. The number of aromatic nitrogens is 1. The van der Waals surface area contributed by atoms with Gasteiger partial charge in [0.15, 0.2) is 0 Å². The SMILES string of the molecule is COP(C)(=O)c1c(-c2nc3ccccc3s2)c(=O)oc2cc(C)ccc12. The second-order valence-electron chi connectivity index (χ2n) is 6.13. The minimum absolute atomic E-state index is 0.218. The van der Waals surface area contributed by atoms with Crippen LogP contribution in [0.15, 0.2) is 51.7 Å². The summed E-state index contributed by atoms with van der Waals surface area (Å²) < 4.78 is 25.0. The molecule has 26 heavy (non-hydrogen) atoms. The number of fused-ring (bicyclic) bond motifs is 2. The second-order valence-corrected chi connectivity index (χ2v) is 9.66. The molecule has 0 N–H and O–H groups in total. The monoisotopic (exact) mass is 385 g/mol. The van der Waals surface area contributed by atoms with E-state index in [2.05, 4.69) is 4.98 Å². The summed E-state index contributed by atoms with van der Waals surface area (Å²) in [6.45, 7) is 3.42. The molecule has 2 heterocycles. The lowest BCUT2D eigenvalue weighted by Gasteiger charge is -2.16. The van der Waals surface area contributed by atoms with Gasteiger partial charge in [0.25, 0.3) is 0 Å². The Balaban J connectivity index is 2.16. The van der Waals surface area contributed by atoms with Crippen LogP contribution >= 0.6 is 18.7 Å². The molecule has 5 nitrogen and oxygen atoms in total. The van der Waals surface area contributed by atoms with Gasteiger partial charge in [-0.2, -0.15) is 0 Å². The van der Waals surface area contributed by atoms with Gasteiger partial charge >= 0.3 is 5.63 Å². The largest absolute Gasteiger partial charge is 0.422 e. The van der Waals surface area contributed by atoms with E-state index in [0.29, 0.717) is 21.3 Å². The lowest BCUT2D eigenvalue weighted by atomic mass is 10.1. The molecule has 1 unspecified atom stereocenters. The smallest absolute Gasteiger partial charge is 0.347 e.